The number of unbranched alkanes of at least 4 members (excludes halogenated alkanes) is 4. The number of benzene rings is 2. The van der Waals surface area contributed by atoms with Gasteiger partial charge in [-0.15, -0.1) is 24.8 Å². The van der Waals surface area contributed by atoms with Crippen LogP contribution in [-0.4, -0.2) is 61.0 Å². The van der Waals surface area contributed by atoms with Crippen LogP contribution in [0.1, 0.15) is 124 Å². The third-order valence-electron chi connectivity index (χ3n) is 8.52. The zero-order valence-electron chi connectivity index (χ0n) is 27.8. The third-order valence-corrected chi connectivity index (χ3v) is 8.52. The van der Waals surface area contributed by atoms with E-state index in [4.69, 9.17) is 4.42 Å². The number of aromatic carboxylic acids is 2. The monoisotopic (exact) mass is 664 g/mol. The second kappa shape index (κ2) is 21.5. The lowest BCUT2D eigenvalue weighted by atomic mass is 9.90. The van der Waals surface area contributed by atoms with Crippen LogP contribution in [0.5, 0.6) is 0 Å². The molecule has 0 spiro atoms. The van der Waals surface area contributed by atoms with Crippen molar-refractivity contribution in [3.8, 4) is 0 Å². The van der Waals surface area contributed by atoms with Crippen LogP contribution in [0.4, 0.5) is 0 Å². The fourth-order valence-corrected chi connectivity index (χ4v) is 6.08. The topological polar surface area (TPSA) is 99.9 Å². The molecule has 0 N–H and O–H groups in total. The summed E-state index contributed by atoms with van der Waals surface area (Å²) in [6.07, 6.45) is 12.0. The van der Waals surface area contributed by atoms with Gasteiger partial charge in [0.1, 0.15) is 11.2 Å². The molecule has 0 fully saturated rings. The summed E-state index contributed by atoms with van der Waals surface area (Å²) in [4.78, 5) is 29.5. The third kappa shape index (κ3) is 11.8. The number of fused-ring (bicyclic) bond motifs is 3. The molecular weight excluding hydrogens is 611 g/mol. The maximum atomic E-state index is 12.8. The number of carbonyl (C=O) groups excluding carboxylic acids is 2. The number of aryl methyl sites for hydroxylation is 2. The number of carboxylic acid groups (broad SMARTS) is 2. The van der Waals surface area contributed by atoms with Gasteiger partial charge in [0.2, 0.25) is 0 Å². The molecule has 3 rings (SSSR count). The van der Waals surface area contributed by atoms with Crippen molar-refractivity contribution >= 4 is 58.7 Å². The molecule has 0 atom stereocenters. The molecule has 0 aliphatic rings. The predicted octanol–water partition coefficient (Wildman–Crippen LogP) is 6.83. The highest BCUT2D eigenvalue weighted by Gasteiger charge is 2.20. The molecule has 0 saturated carbocycles. The minimum absolute atomic E-state index is 0. The summed E-state index contributed by atoms with van der Waals surface area (Å²) in [7, 11) is 0. The standard InChI is InChI=1S/C36H54N2O5.2ClH/c1-5-9-19-37(20-10-6-2)23-13-15-27-26-32-34(30-25-28(35(39)40)17-18-31(30)43-32)29(33(27)36(41)42)16-14-24-38(21-11-7-3)22-12-8-4;;/h17-18,25-26H,5-16,19-24H2,1-4H3,(H,39,40)(H,41,42);2*1H/p-2. The largest absolute Gasteiger partial charge is 0.545 e. The zero-order chi connectivity index (χ0) is 31.2. The van der Waals surface area contributed by atoms with E-state index in [9.17, 15) is 19.8 Å². The predicted molar refractivity (Wildman–Crippen MR) is 186 cm³/mol. The van der Waals surface area contributed by atoms with Crippen molar-refractivity contribution < 1.29 is 24.2 Å². The van der Waals surface area contributed by atoms with Gasteiger partial charge in [-0.25, -0.2) is 0 Å². The highest BCUT2D eigenvalue weighted by Crippen LogP contribution is 2.36. The van der Waals surface area contributed by atoms with Crippen LogP contribution in [0.2, 0.25) is 0 Å². The number of carbonyl (C=O) groups is 2. The Morgan fingerprint density at radius 3 is 1.60 bits per heavy atom. The molecule has 0 unspecified atom stereocenters. The lowest BCUT2D eigenvalue weighted by Gasteiger charge is -2.24. The molecular formula is C36H54Cl2N2O5-2. The lowest BCUT2D eigenvalue weighted by Crippen LogP contribution is -2.29. The Bertz CT molecular complexity index is 1310. The van der Waals surface area contributed by atoms with Crippen LogP contribution < -0.4 is 10.2 Å². The van der Waals surface area contributed by atoms with Crippen molar-refractivity contribution in [3.63, 3.8) is 0 Å². The van der Waals surface area contributed by atoms with Gasteiger partial charge in [-0.3, -0.25) is 0 Å². The first kappa shape index (κ1) is 40.7. The zero-order valence-corrected chi connectivity index (χ0v) is 29.4. The minimum atomic E-state index is -1.27. The Hall–Kier alpha value is -2.32. The summed E-state index contributed by atoms with van der Waals surface area (Å²) in [5.74, 6) is -2.45. The van der Waals surface area contributed by atoms with Crippen molar-refractivity contribution in [1.82, 2.24) is 9.80 Å². The molecule has 9 heteroatoms. The Morgan fingerprint density at radius 1 is 0.644 bits per heavy atom. The Morgan fingerprint density at radius 2 is 1.13 bits per heavy atom. The Balaban J connectivity index is 0.00000506. The summed E-state index contributed by atoms with van der Waals surface area (Å²) < 4.78 is 6.22. The highest BCUT2D eigenvalue weighted by molar-refractivity contribution is 6.11. The lowest BCUT2D eigenvalue weighted by molar-refractivity contribution is -0.256. The number of halogens is 2. The van der Waals surface area contributed by atoms with E-state index in [2.05, 4.69) is 37.5 Å². The second-order valence-corrected chi connectivity index (χ2v) is 12.0. The van der Waals surface area contributed by atoms with Crippen molar-refractivity contribution in [1.29, 1.82) is 0 Å². The van der Waals surface area contributed by atoms with Crippen molar-refractivity contribution in [2.75, 3.05) is 39.3 Å². The Kier molecular flexibility index (Phi) is 19.4. The first-order valence-electron chi connectivity index (χ1n) is 16.7. The van der Waals surface area contributed by atoms with Gasteiger partial charge in [0, 0.05) is 16.3 Å². The molecule has 254 valence electrons. The average Bonchev–Trinajstić information content (AvgIpc) is 3.36. The quantitative estimate of drug-likeness (QED) is 0.116. The minimum Gasteiger partial charge on any atom is -0.545 e. The highest BCUT2D eigenvalue weighted by atomic mass is 35.5. The van der Waals surface area contributed by atoms with Gasteiger partial charge in [-0.05, 0) is 132 Å². The number of hydrogen-bond donors (Lipinski definition) is 0. The maximum absolute atomic E-state index is 12.8. The summed E-state index contributed by atoms with van der Waals surface area (Å²) >= 11 is 0. The molecule has 1 heterocycles. The first-order chi connectivity index (χ1) is 20.8. The van der Waals surface area contributed by atoms with E-state index in [1.54, 1.807) is 12.1 Å². The normalized spacial score (nSPS) is 11.3. The van der Waals surface area contributed by atoms with Crippen molar-refractivity contribution in [3.05, 3.63) is 46.5 Å². The van der Waals surface area contributed by atoms with Crippen LogP contribution in [0.15, 0.2) is 28.7 Å². The molecule has 0 aliphatic carbocycles. The number of furan rings is 1. The van der Waals surface area contributed by atoms with Crippen LogP contribution in [0.3, 0.4) is 0 Å². The first-order valence-corrected chi connectivity index (χ1v) is 16.7. The van der Waals surface area contributed by atoms with Crippen LogP contribution in [0.25, 0.3) is 21.9 Å². The molecule has 0 bridgehead atoms. The molecule has 7 nitrogen and oxygen atoms in total. The van der Waals surface area contributed by atoms with E-state index < -0.39 is 11.9 Å². The fraction of sp³-hybridized carbons (Fsp3) is 0.611. The van der Waals surface area contributed by atoms with Crippen LogP contribution in [-0.2, 0) is 12.8 Å². The molecule has 0 aliphatic heterocycles. The van der Waals surface area contributed by atoms with E-state index in [1.807, 2.05) is 6.07 Å². The average molecular weight is 666 g/mol. The number of carboxylic acids is 2. The number of rotatable bonds is 22. The summed E-state index contributed by atoms with van der Waals surface area (Å²) in [6.45, 7) is 14.8. The summed E-state index contributed by atoms with van der Waals surface area (Å²) in [6, 6.07) is 6.51. The Labute approximate surface area is 282 Å². The van der Waals surface area contributed by atoms with Crippen LogP contribution >= 0.6 is 24.8 Å². The van der Waals surface area contributed by atoms with E-state index in [1.165, 1.54) is 6.07 Å². The van der Waals surface area contributed by atoms with Gasteiger partial charge >= 0.3 is 0 Å². The van der Waals surface area contributed by atoms with Gasteiger partial charge in [0.25, 0.3) is 0 Å². The van der Waals surface area contributed by atoms with Gasteiger partial charge in [0.15, 0.2) is 0 Å². The van der Waals surface area contributed by atoms with Gasteiger partial charge in [-0.2, -0.15) is 0 Å². The number of hydrogen-bond acceptors (Lipinski definition) is 7. The molecule has 3 aromatic rings. The second-order valence-electron chi connectivity index (χ2n) is 12.0. The molecule has 0 amide bonds. The van der Waals surface area contributed by atoms with Crippen molar-refractivity contribution in [2.24, 2.45) is 0 Å². The van der Waals surface area contributed by atoms with Crippen LogP contribution in [0, 0.1) is 0 Å². The number of nitrogens with zero attached hydrogens (tertiary/aromatic N) is 2. The van der Waals surface area contributed by atoms with E-state index in [-0.39, 0.29) is 35.9 Å². The smallest absolute Gasteiger partial charge is 0.136 e. The molecule has 0 radical (unpaired) electrons. The van der Waals surface area contributed by atoms with Crippen molar-refractivity contribution in [2.45, 2.75) is 105 Å². The fourth-order valence-electron chi connectivity index (χ4n) is 6.08. The molecule has 45 heavy (non-hydrogen) atoms. The maximum Gasteiger partial charge on any atom is 0.136 e. The molecule has 1 aromatic heterocycles. The van der Waals surface area contributed by atoms with E-state index >= 15 is 0 Å². The summed E-state index contributed by atoms with van der Waals surface area (Å²) in [5.41, 5.74) is 2.87. The summed E-state index contributed by atoms with van der Waals surface area (Å²) in [5, 5.41) is 25.8. The molecule has 0 saturated heterocycles. The molecule has 2 aromatic carbocycles. The van der Waals surface area contributed by atoms with Gasteiger partial charge in [-0.1, -0.05) is 53.4 Å². The van der Waals surface area contributed by atoms with E-state index in [0.29, 0.717) is 40.3 Å². The van der Waals surface area contributed by atoms with E-state index in [0.717, 1.165) is 109 Å². The van der Waals surface area contributed by atoms with Gasteiger partial charge < -0.3 is 34.0 Å². The van der Waals surface area contributed by atoms with Gasteiger partial charge in [0.05, 0.1) is 11.9 Å². The SMILES string of the molecule is CCCCN(CCCC)CCCc1cc2oc3ccc(C(=O)[O-])cc3c2c(CCCN(CCCC)CCCC)c1C(=O)[O-].Cl.Cl.